The van der Waals surface area contributed by atoms with Gasteiger partial charge < -0.3 is 31.9 Å². The van der Waals surface area contributed by atoms with Crippen molar-refractivity contribution >= 4 is 29.8 Å². The summed E-state index contributed by atoms with van der Waals surface area (Å²) >= 11 is 0. The molecule has 0 bridgehead atoms. The molecular formula is C9H14N4O7. The normalized spacial score (nSPS) is 11.2. The highest BCUT2D eigenvalue weighted by molar-refractivity contribution is 5.90. The monoisotopic (exact) mass is 290 g/mol. The summed E-state index contributed by atoms with van der Waals surface area (Å²) in [6, 6.07) is -2.86. The summed E-state index contributed by atoms with van der Waals surface area (Å²) in [5, 5.41) is 19.1. The molecule has 0 fully saturated rings. The van der Waals surface area contributed by atoms with E-state index in [9.17, 15) is 24.0 Å². The van der Waals surface area contributed by atoms with Crippen LogP contribution in [0.25, 0.3) is 0 Å². The molecule has 0 aliphatic heterocycles. The van der Waals surface area contributed by atoms with Crippen LogP contribution in [0.1, 0.15) is 6.42 Å². The molecule has 11 nitrogen and oxygen atoms in total. The van der Waals surface area contributed by atoms with Gasteiger partial charge in [0, 0.05) is 0 Å². The highest BCUT2D eigenvalue weighted by Crippen LogP contribution is 1.97. The van der Waals surface area contributed by atoms with Crippen LogP contribution in [0.4, 0.5) is 4.79 Å². The van der Waals surface area contributed by atoms with Gasteiger partial charge in [-0.05, 0) is 0 Å². The minimum Gasteiger partial charge on any atom is -0.481 e. The van der Waals surface area contributed by atoms with E-state index in [0.717, 1.165) is 0 Å². The van der Waals surface area contributed by atoms with Crippen molar-refractivity contribution < 1.29 is 34.2 Å². The zero-order valence-electron chi connectivity index (χ0n) is 10.2. The SMILES string of the molecule is NC(=O)CN(CC(N)=O)C(=O)N[C@@H](CC(=O)O)C(=O)O. The smallest absolute Gasteiger partial charge is 0.326 e. The lowest BCUT2D eigenvalue weighted by molar-refractivity contribution is -0.145. The zero-order chi connectivity index (χ0) is 15.9. The average Bonchev–Trinajstić information content (AvgIpc) is 2.24. The van der Waals surface area contributed by atoms with Crippen molar-refractivity contribution in [3.63, 3.8) is 0 Å². The third-order valence-corrected chi connectivity index (χ3v) is 1.96. The standard InChI is InChI=1S/C9H14N4O7/c10-5(14)2-13(3-6(11)15)9(20)12-4(8(18)19)1-7(16)17/h4H,1-3H2,(H2,10,14)(H2,11,15)(H,12,20)(H,16,17)(H,18,19)/t4-/m0/s1. The largest absolute Gasteiger partial charge is 0.481 e. The second-order valence-electron chi connectivity index (χ2n) is 3.73. The molecule has 20 heavy (non-hydrogen) atoms. The van der Waals surface area contributed by atoms with Crippen LogP contribution in [0.15, 0.2) is 0 Å². The predicted octanol–water partition coefficient (Wildman–Crippen LogP) is -3.10. The number of primary amides is 2. The molecule has 0 spiro atoms. The third kappa shape index (κ3) is 6.78. The first-order chi connectivity index (χ1) is 9.13. The average molecular weight is 290 g/mol. The van der Waals surface area contributed by atoms with Crippen LogP contribution in [0, 0.1) is 0 Å². The minimum absolute atomic E-state index is 0.572. The fourth-order valence-corrected chi connectivity index (χ4v) is 1.19. The number of carbonyl (C=O) groups excluding carboxylic acids is 3. The molecule has 0 saturated heterocycles. The van der Waals surface area contributed by atoms with Crippen LogP contribution >= 0.6 is 0 Å². The van der Waals surface area contributed by atoms with Gasteiger partial charge in [0.2, 0.25) is 11.8 Å². The predicted molar refractivity (Wildman–Crippen MR) is 62.2 cm³/mol. The van der Waals surface area contributed by atoms with Gasteiger partial charge in [0.25, 0.3) is 0 Å². The summed E-state index contributed by atoms with van der Waals surface area (Å²) in [7, 11) is 0. The molecule has 0 saturated carbocycles. The highest BCUT2D eigenvalue weighted by atomic mass is 16.4. The number of hydrogen-bond acceptors (Lipinski definition) is 5. The molecule has 0 aliphatic rings. The molecule has 7 N–H and O–H groups in total. The summed E-state index contributed by atoms with van der Waals surface area (Å²) in [6.07, 6.45) is -0.873. The molecule has 0 radical (unpaired) electrons. The molecule has 0 aromatic carbocycles. The van der Waals surface area contributed by atoms with Crippen LogP contribution < -0.4 is 16.8 Å². The number of carboxylic acids is 2. The van der Waals surface area contributed by atoms with E-state index >= 15 is 0 Å². The second kappa shape index (κ2) is 7.56. The van der Waals surface area contributed by atoms with Gasteiger partial charge in [-0.3, -0.25) is 14.4 Å². The molecule has 0 aromatic rings. The first-order valence-corrected chi connectivity index (χ1v) is 5.20. The Kier molecular flexibility index (Phi) is 6.48. The van der Waals surface area contributed by atoms with E-state index in [1.54, 1.807) is 0 Å². The van der Waals surface area contributed by atoms with Gasteiger partial charge in [-0.2, -0.15) is 0 Å². The maximum atomic E-state index is 11.7. The van der Waals surface area contributed by atoms with Crippen molar-refractivity contribution in [1.82, 2.24) is 10.2 Å². The maximum Gasteiger partial charge on any atom is 0.326 e. The van der Waals surface area contributed by atoms with Gasteiger partial charge in [0.05, 0.1) is 6.42 Å². The van der Waals surface area contributed by atoms with Crippen molar-refractivity contribution in [3.05, 3.63) is 0 Å². The van der Waals surface area contributed by atoms with Gasteiger partial charge in [-0.15, -0.1) is 0 Å². The summed E-state index contributed by atoms with van der Waals surface area (Å²) in [5.41, 5.74) is 9.71. The van der Waals surface area contributed by atoms with Crippen LogP contribution in [-0.2, 0) is 19.2 Å². The Hall–Kier alpha value is -2.85. The summed E-state index contributed by atoms with van der Waals surface area (Å²) < 4.78 is 0. The van der Waals surface area contributed by atoms with Crippen molar-refractivity contribution in [1.29, 1.82) is 0 Å². The van der Waals surface area contributed by atoms with Gasteiger partial charge >= 0.3 is 18.0 Å². The molecule has 0 heterocycles. The molecule has 1 atom stereocenters. The van der Waals surface area contributed by atoms with Gasteiger partial charge in [0.15, 0.2) is 0 Å². The maximum absolute atomic E-state index is 11.7. The molecule has 4 amide bonds. The minimum atomic E-state index is -1.72. The number of urea groups is 1. The Morgan fingerprint density at radius 3 is 1.75 bits per heavy atom. The van der Waals surface area contributed by atoms with Gasteiger partial charge in [-0.25, -0.2) is 9.59 Å². The highest BCUT2D eigenvalue weighted by Gasteiger charge is 2.26. The molecule has 11 heteroatoms. The Balaban J connectivity index is 4.85. The van der Waals surface area contributed by atoms with Crippen LogP contribution in [-0.4, -0.2) is 64.0 Å². The summed E-state index contributed by atoms with van der Waals surface area (Å²) in [4.78, 5) is 54.9. The number of nitrogens with one attached hydrogen (secondary N) is 1. The van der Waals surface area contributed by atoms with Crippen LogP contribution in [0.3, 0.4) is 0 Å². The lowest BCUT2D eigenvalue weighted by atomic mass is 10.2. The summed E-state index contributed by atoms with van der Waals surface area (Å²) in [5.74, 6) is -4.94. The first-order valence-electron chi connectivity index (χ1n) is 5.20. The van der Waals surface area contributed by atoms with Crippen molar-refractivity contribution in [2.24, 2.45) is 11.5 Å². The van der Waals surface area contributed by atoms with E-state index in [2.05, 4.69) is 0 Å². The molecular weight excluding hydrogens is 276 g/mol. The van der Waals surface area contributed by atoms with Crippen LogP contribution in [0.2, 0.25) is 0 Å². The van der Waals surface area contributed by atoms with Gasteiger partial charge in [0.1, 0.15) is 19.1 Å². The lowest BCUT2D eigenvalue weighted by Crippen LogP contribution is -2.52. The molecule has 0 aromatic heterocycles. The van der Waals surface area contributed by atoms with E-state index in [4.69, 9.17) is 21.7 Å². The second-order valence-corrected chi connectivity index (χ2v) is 3.73. The lowest BCUT2D eigenvalue weighted by Gasteiger charge is -2.22. The third-order valence-electron chi connectivity index (χ3n) is 1.96. The zero-order valence-corrected chi connectivity index (χ0v) is 10.2. The topological polar surface area (TPSA) is 193 Å². The molecule has 0 aliphatic carbocycles. The van der Waals surface area contributed by atoms with E-state index in [0.29, 0.717) is 4.90 Å². The van der Waals surface area contributed by atoms with Crippen molar-refractivity contribution in [3.8, 4) is 0 Å². The number of nitrogens with two attached hydrogens (primary N) is 2. The fourth-order valence-electron chi connectivity index (χ4n) is 1.19. The Bertz CT molecular complexity index is 420. The Morgan fingerprint density at radius 1 is 1.00 bits per heavy atom. The number of amides is 4. The van der Waals surface area contributed by atoms with Crippen LogP contribution in [0.5, 0.6) is 0 Å². The molecule has 112 valence electrons. The quantitative estimate of drug-likeness (QED) is 0.312. The molecule has 0 rings (SSSR count). The Morgan fingerprint density at radius 2 is 1.45 bits per heavy atom. The number of carboxylic acid groups (broad SMARTS) is 2. The number of aliphatic carboxylic acids is 2. The Labute approximate surface area is 112 Å². The number of nitrogens with zero attached hydrogens (tertiary/aromatic N) is 1. The fraction of sp³-hybridized carbons (Fsp3) is 0.444. The van der Waals surface area contributed by atoms with E-state index in [1.807, 2.05) is 5.32 Å². The van der Waals surface area contributed by atoms with E-state index in [-0.39, 0.29) is 0 Å². The van der Waals surface area contributed by atoms with Crippen molar-refractivity contribution in [2.75, 3.05) is 13.1 Å². The van der Waals surface area contributed by atoms with Crippen molar-refractivity contribution in [2.45, 2.75) is 12.5 Å². The molecule has 0 unspecified atom stereocenters. The van der Waals surface area contributed by atoms with E-state index < -0.39 is 55.3 Å². The van der Waals surface area contributed by atoms with E-state index in [1.165, 1.54) is 0 Å². The number of rotatable bonds is 8. The number of carbonyl (C=O) groups is 5. The number of hydrogen-bond donors (Lipinski definition) is 5. The summed E-state index contributed by atoms with van der Waals surface area (Å²) in [6.45, 7) is -1.34. The van der Waals surface area contributed by atoms with Gasteiger partial charge in [-0.1, -0.05) is 0 Å². The first kappa shape index (κ1) is 17.2.